The first-order valence-corrected chi connectivity index (χ1v) is 28.6. The van der Waals surface area contributed by atoms with Crippen LogP contribution < -0.4 is 10.6 Å². The van der Waals surface area contributed by atoms with Crippen molar-refractivity contribution < 1.29 is 49.2 Å². The van der Waals surface area contributed by atoms with Gasteiger partial charge >= 0.3 is 11.9 Å². The maximum atomic E-state index is 13.0. The van der Waals surface area contributed by atoms with Crippen molar-refractivity contribution in [3.8, 4) is 22.5 Å². The molecule has 4 aromatic heterocycles. The van der Waals surface area contributed by atoms with Gasteiger partial charge in [-0.15, -0.1) is 0 Å². The molecule has 4 amide bonds. The van der Waals surface area contributed by atoms with Crippen LogP contribution in [0, 0.1) is 62.2 Å². The van der Waals surface area contributed by atoms with E-state index in [1.54, 1.807) is 44.1 Å². The van der Waals surface area contributed by atoms with E-state index in [1.165, 1.54) is 30.4 Å². The smallest absolute Gasteiger partial charge is 0.335 e. The Morgan fingerprint density at radius 1 is 0.651 bits per heavy atom. The standard InChI is InChI=1S/C23H36N2O2.2C19H21N3O.C4H6O6/c1-21(2,3)25-20(27)17-8-7-15-14-6-9-18-23(5,13-11-19(26)24-18)16(14)10-12-22(15,17)4;2*1-13-5-8-15(9-6-13)19-16(11-18(23)21(3)4)22-12-14(2)7-10-17(22)20-19;5-1(3(7)8)2(6)4(9)10/h11,13-18H,6-10,12H2,1-5H3,(H,24,26)(H,25,27);2*5-10,12H,11H2,1-4H3;1-2,5-6H,(H,7,8)(H,9,10)/t14-,15-,16-,17+,18+,22-,23+;;;/m0.../s1. The second-order valence-corrected chi connectivity index (χ2v) is 25.0. The van der Waals surface area contributed by atoms with E-state index in [4.69, 9.17) is 30.4 Å². The molecule has 6 aromatic rings. The van der Waals surface area contributed by atoms with E-state index >= 15 is 0 Å². The highest BCUT2D eigenvalue weighted by Crippen LogP contribution is 2.65. The number of rotatable bonds is 10. The van der Waals surface area contributed by atoms with E-state index in [1.807, 2.05) is 59.3 Å². The third kappa shape index (κ3) is 14.2. The topological polar surface area (TPSA) is 248 Å². The van der Waals surface area contributed by atoms with E-state index in [0.717, 1.165) is 75.6 Å². The van der Waals surface area contributed by atoms with E-state index in [9.17, 15) is 28.8 Å². The molecule has 0 spiro atoms. The number of aryl methyl sites for hydroxylation is 4. The van der Waals surface area contributed by atoms with Gasteiger partial charge in [0.25, 0.3) is 0 Å². The van der Waals surface area contributed by atoms with Gasteiger partial charge in [0.2, 0.25) is 23.6 Å². The van der Waals surface area contributed by atoms with Gasteiger partial charge in [-0.3, -0.25) is 19.2 Å². The number of carboxylic acids is 2. The van der Waals surface area contributed by atoms with Crippen molar-refractivity contribution in [2.45, 2.75) is 137 Å². The number of hydrogen-bond donors (Lipinski definition) is 6. The summed E-state index contributed by atoms with van der Waals surface area (Å²) in [7, 11) is 7.12. The van der Waals surface area contributed by atoms with E-state index in [-0.39, 0.29) is 52.0 Å². The summed E-state index contributed by atoms with van der Waals surface area (Å²) in [6.07, 6.45) is 10.9. The summed E-state index contributed by atoms with van der Waals surface area (Å²) < 4.78 is 4.07. The Bertz CT molecular complexity index is 3230. The summed E-state index contributed by atoms with van der Waals surface area (Å²) in [6.45, 7) is 19.2. The van der Waals surface area contributed by atoms with Gasteiger partial charge < -0.3 is 49.7 Å². The average molecular weight is 1140 g/mol. The van der Waals surface area contributed by atoms with Gasteiger partial charge in [-0.1, -0.05) is 91.7 Å². The molecule has 3 fully saturated rings. The zero-order valence-electron chi connectivity index (χ0n) is 50.4. The van der Waals surface area contributed by atoms with Crippen LogP contribution in [-0.2, 0) is 41.6 Å². The number of fused-ring (bicyclic) bond motifs is 7. The van der Waals surface area contributed by atoms with Crippen molar-refractivity contribution in [3.05, 3.63) is 131 Å². The minimum absolute atomic E-state index is 0.0661. The first kappa shape index (κ1) is 62.9. The minimum atomic E-state index is -2.27. The minimum Gasteiger partial charge on any atom is -0.479 e. The van der Waals surface area contributed by atoms with Crippen LogP contribution in [0.2, 0.25) is 0 Å². The lowest BCUT2D eigenvalue weighted by molar-refractivity contribution is -0.165. The van der Waals surface area contributed by atoms with Crippen LogP contribution in [0.15, 0.2) is 97.3 Å². The summed E-state index contributed by atoms with van der Waals surface area (Å²) in [5.41, 5.74) is 12.2. The first-order valence-electron chi connectivity index (χ1n) is 28.6. The van der Waals surface area contributed by atoms with Crippen LogP contribution >= 0.6 is 0 Å². The fourth-order valence-electron chi connectivity index (χ4n) is 12.7. The Balaban J connectivity index is 0.000000166. The molecule has 5 heterocycles. The van der Waals surface area contributed by atoms with Crippen LogP contribution in [0.25, 0.3) is 33.8 Å². The van der Waals surface area contributed by atoms with Crippen molar-refractivity contribution in [1.82, 2.24) is 39.2 Å². The predicted molar refractivity (Wildman–Crippen MR) is 319 cm³/mol. The maximum Gasteiger partial charge on any atom is 0.335 e. The van der Waals surface area contributed by atoms with Crippen LogP contribution in [0.1, 0.15) is 107 Å². The number of imidazole rings is 2. The molecule has 10 rings (SSSR count). The molecule has 6 N–H and O–H groups in total. The Hall–Kier alpha value is -7.70. The second-order valence-electron chi connectivity index (χ2n) is 25.0. The van der Waals surface area contributed by atoms with Crippen LogP contribution in [0.5, 0.6) is 0 Å². The molecule has 83 heavy (non-hydrogen) atoms. The van der Waals surface area contributed by atoms with Crippen LogP contribution in [0.3, 0.4) is 0 Å². The molecule has 18 heteroatoms. The number of nitrogens with one attached hydrogen (secondary N) is 2. The molecule has 4 aliphatic rings. The summed E-state index contributed by atoms with van der Waals surface area (Å²) in [5, 5.41) is 39.0. The van der Waals surface area contributed by atoms with E-state index in [2.05, 4.69) is 114 Å². The van der Waals surface area contributed by atoms with Crippen molar-refractivity contribution in [1.29, 1.82) is 0 Å². The number of aliphatic hydroxyl groups excluding tert-OH is 2. The quantitative estimate of drug-likeness (QED) is 0.0760. The lowest BCUT2D eigenvalue weighted by Gasteiger charge is -2.58. The summed E-state index contributed by atoms with van der Waals surface area (Å²) >= 11 is 0. The summed E-state index contributed by atoms with van der Waals surface area (Å²) in [4.78, 5) is 81.7. The summed E-state index contributed by atoms with van der Waals surface area (Å²) in [6, 6.07) is 24.9. The number of benzene rings is 2. The first-order chi connectivity index (χ1) is 38.9. The van der Waals surface area contributed by atoms with Crippen LogP contribution in [0.4, 0.5) is 0 Å². The van der Waals surface area contributed by atoms with E-state index < -0.39 is 24.1 Å². The molecule has 444 valence electrons. The highest BCUT2D eigenvalue weighted by atomic mass is 16.4. The lowest BCUT2D eigenvalue weighted by Crippen LogP contribution is -2.59. The third-order valence-electron chi connectivity index (χ3n) is 17.3. The van der Waals surface area contributed by atoms with E-state index in [0.29, 0.717) is 30.6 Å². The number of carboxylic acid groups (broad SMARTS) is 2. The number of nitrogens with zero attached hydrogens (tertiary/aromatic N) is 6. The van der Waals surface area contributed by atoms with Gasteiger partial charge in [-0.05, 0) is 139 Å². The molecular weight excluding hydrogens is 1050 g/mol. The molecular formula is C65H84N8O10. The number of hydrogen-bond acceptors (Lipinski definition) is 10. The fraction of sp³-hybridized carbons (Fsp3) is 0.477. The molecule has 3 aliphatic carbocycles. The largest absolute Gasteiger partial charge is 0.479 e. The highest BCUT2D eigenvalue weighted by molar-refractivity contribution is 5.89. The summed E-state index contributed by atoms with van der Waals surface area (Å²) in [5.74, 6) is -0.988. The number of aliphatic carboxylic acids is 2. The van der Waals surface area contributed by atoms with Gasteiger partial charge in [-0.2, -0.15) is 0 Å². The average Bonchev–Trinajstić information content (AvgIpc) is 2.60. The number of amides is 4. The Morgan fingerprint density at radius 3 is 1.52 bits per heavy atom. The van der Waals surface area contributed by atoms with Crippen molar-refractivity contribution in [3.63, 3.8) is 0 Å². The number of carbonyl (C=O) groups is 6. The molecule has 3 saturated carbocycles. The molecule has 0 radical (unpaired) electrons. The number of aliphatic hydroxyl groups is 2. The lowest BCUT2D eigenvalue weighted by atomic mass is 9.48. The molecule has 9 atom stereocenters. The van der Waals surface area contributed by atoms with Gasteiger partial charge in [0.15, 0.2) is 12.2 Å². The zero-order chi connectivity index (χ0) is 61.0. The Morgan fingerprint density at radius 2 is 1.10 bits per heavy atom. The molecule has 0 bridgehead atoms. The van der Waals surface area contributed by atoms with Gasteiger partial charge in [-0.25, -0.2) is 19.6 Å². The number of likely N-dealkylation sites (N-methyl/N-ethyl adjacent to an activating group) is 2. The van der Waals surface area contributed by atoms with Crippen molar-refractivity contribution >= 4 is 46.9 Å². The monoisotopic (exact) mass is 1140 g/mol. The van der Waals surface area contributed by atoms with Gasteiger partial charge in [0.05, 0.1) is 35.6 Å². The van der Waals surface area contributed by atoms with Crippen molar-refractivity contribution in [2.75, 3.05) is 28.2 Å². The third-order valence-corrected chi connectivity index (χ3v) is 17.3. The van der Waals surface area contributed by atoms with Gasteiger partial charge in [0, 0.05) is 74.6 Å². The zero-order valence-corrected chi connectivity index (χ0v) is 50.4. The molecule has 1 aliphatic heterocycles. The second kappa shape index (κ2) is 25.4. The maximum absolute atomic E-state index is 13.0. The normalized spacial score (nSPS) is 23.0. The molecule has 2 unspecified atom stereocenters. The van der Waals surface area contributed by atoms with Crippen LogP contribution in [-0.4, -0.2) is 137 Å². The molecule has 18 nitrogen and oxygen atoms in total. The highest BCUT2D eigenvalue weighted by Gasteiger charge is 2.61. The molecule has 0 saturated heterocycles. The van der Waals surface area contributed by atoms with Crippen molar-refractivity contribution in [2.24, 2.45) is 34.5 Å². The molecule has 2 aromatic carbocycles. The Kier molecular flexibility index (Phi) is 19.3. The number of aromatic nitrogens is 4. The fourth-order valence-corrected chi connectivity index (χ4v) is 12.7. The SMILES string of the molecule is CC(C)(C)NC(=O)[C@H]1CC[C@H]2[C@@H]3CC[C@H]4NC(=O)C=C[C@]4(C)[C@H]3CC[C@]12C.Cc1ccc(-c2nc3ccc(C)cn3c2CC(=O)N(C)C)cc1.Cc1ccc(-c2nc3ccc(C)cn3c2CC(=O)N(C)C)cc1.O=C(O)C(O)C(O)C(=O)O. The number of carbonyl (C=O) groups excluding carboxylic acids is 4. The van der Waals surface area contributed by atoms with Gasteiger partial charge in [0.1, 0.15) is 11.3 Å². The number of pyridine rings is 2. The predicted octanol–water partition coefficient (Wildman–Crippen LogP) is 8.19. The Labute approximate surface area is 487 Å².